The largest absolute Gasteiger partial charge is 0.438 e. The molecule has 158 valence electrons. The van der Waals surface area contributed by atoms with E-state index in [2.05, 4.69) is 30.7 Å². The maximum absolute atomic E-state index is 12.5. The molecule has 1 fully saturated rings. The molecule has 10 heteroatoms. The van der Waals surface area contributed by atoms with Crippen molar-refractivity contribution in [3.8, 4) is 0 Å². The molecule has 0 aromatic carbocycles. The number of aryl methyl sites for hydroxylation is 1. The van der Waals surface area contributed by atoms with Crippen LogP contribution < -0.4 is 10.6 Å². The molecule has 10 nitrogen and oxygen atoms in total. The highest BCUT2D eigenvalue weighted by atomic mass is 16.3. The summed E-state index contributed by atoms with van der Waals surface area (Å²) < 4.78 is 6.98. The van der Waals surface area contributed by atoms with Crippen LogP contribution in [0.5, 0.6) is 0 Å². The number of likely N-dealkylation sites (tertiary alicyclic amines) is 1. The fourth-order valence-electron chi connectivity index (χ4n) is 3.87. The topological polar surface area (TPSA) is 118 Å². The number of amides is 2. The zero-order chi connectivity index (χ0) is 21.1. The number of hydrogen-bond donors (Lipinski definition) is 2. The van der Waals surface area contributed by atoms with Crippen molar-refractivity contribution in [3.05, 3.63) is 48.1 Å². The van der Waals surface area contributed by atoms with Crippen LogP contribution in [0, 0.1) is 6.92 Å². The fraction of sp³-hybridized carbons (Fsp3) is 0.450. The first kappa shape index (κ1) is 20.0. The lowest BCUT2D eigenvalue weighted by Gasteiger charge is -2.25. The van der Waals surface area contributed by atoms with Gasteiger partial charge in [0.15, 0.2) is 17.9 Å². The fourth-order valence-corrected chi connectivity index (χ4v) is 3.87. The van der Waals surface area contributed by atoms with E-state index in [0.29, 0.717) is 31.0 Å². The molecule has 0 saturated carbocycles. The normalized spacial score (nSPS) is 19.3. The number of nitrogens with one attached hydrogen (secondary N) is 2. The predicted molar refractivity (Wildman–Crippen MR) is 108 cm³/mol. The van der Waals surface area contributed by atoms with Gasteiger partial charge in [0.2, 0.25) is 11.7 Å². The Morgan fingerprint density at radius 1 is 1.20 bits per heavy atom. The lowest BCUT2D eigenvalue weighted by molar-refractivity contribution is -0.122. The first-order chi connectivity index (χ1) is 14.5. The number of pyridine rings is 1. The molecule has 1 aliphatic rings. The van der Waals surface area contributed by atoms with Crippen molar-refractivity contribution in [3.63, 3.8) is 0 Å². The molecular formula is C20H25N7O3. The molecule has 0 unspecified atom stereocenters. The summed E-state index contributed by atoms with van der Waals surface area (Å²) in [6.07, 6.45) is 5.36. The Hall–Kier alpha value is -3.27. The maximum atomic E-state index is 12.5. The van der Waals surface area contributed by atoms with Crippen LogP contribution >= 0.6 is 0 Å². The van der Waals surface area contributed by atoms with Gasteiger partial charge in [-0.25, -0.2) is 4.98 Å². The smallest absolute Gasteiger partial charge is 0.289 e. The molecule has 4 rings (SSSR count). The summed E-state index contributed by atoms with van der Waals surface area (Å²) >= 11 is 0. The van der Waals surface area contributed by atoms with E-state index in [1.54, 1.807) is 6.92 Å². The van der Waals surface area contributed by atoms with Gasteiger partial charge in [0.05, 0.1) is 12.2 Å². The van der Waals surface area contributed by atoms with Crippen LogP contribution in [-0.2, 0) is 11.3 Å². The van der Waals surface area contributed by atoms with E-state index in [1.807, 2.05) is 35.8 Å². The van der Waals surface area contributed by atoms with Crippen LogP contribution in [0.25, 0.3) is 5.65 Å². The van der Waals surface area contributed by atoms with E-state index in [1.165, 1.54) is 6.39 Å². The van der Waals surface area contributed by atoms with Gasteiger partial charge in [0.1, 0.15) is 0 Å². The second-order valence-corrected chi connectivity index (χ2v) is 7.55. The average Bonchev–Trinajstić information content (AvgIpc) is 3.44. The summed E-state index contributed by atoms with van der Waals surface area (Å²) in [5.41, 5.74) is 1.32. The Bertz CT molecular complexity index is 1040. The molecule has 3 aromatic heterocycles. The van der Waals surface area contributed by atoms with Crippen LogP contribution in [0.3, 0.4) is 0 Å². The van der Waals surface area contributed by atoms with Crippen LogP contribution in [-0.4, -0.2) is 62.0 Å². The first-order valence-electron chi connectivity index (χ1n) is 9.98. The number of carbonyl (C=O) groups is 2. The zero-order valence-corrected chi connectivity index (χ0v) is 17.0. The Labute approximate surface area is 173 Å². The summed E-state index contributed by atoms with van der Waals surface area (Å²) in [5, 5.41) is 14.1. The van der Waals surface area contributed by atoms with Gasteiger partial charge in [-0.3, -0.25) is 18.9 Å². The SMILES string of the molecule is Cc1ncoc1C(=O)NC[C@@H]1CC[C@H](CC(=O)NCc2nnc3ccccn23)N1C. The molecule has 2 N–H and O–H groups in total. The Morgan fingerprint density at radius 3 is 2.83 bits per heavy atom. The van der Waals surface area contributed by atoms with E-state index in [4.69, 9.17) is 4.42 Å². The minimum Gasteiger partial charge on any atom is -0.438 e. The third kappa shape index (κ3) is 4.18. The van der Waals surface area contributed by atoms with Crippen LogP contribution in [0.1, 0.15) is 41.3 Å². The maximum Gasteiger partial charge on any atom is 0.289 e. The van der Waals surface area contributed by atoms with Crippen LogP contribution in [0.15, 0.2) is 35.2 Å². The number of nitrogens with zero attached hydrogens (tertiary/aromatic N) is 5. The van der Waals surface area contributed by atoms with Crippen molar-refractivity contribution < 1.29 is 14.0 Å². The minimum absolute atomic E-state index is 0.0264. The number of rotatable bonds is 7. The number of hydrogen-bond acceptors (Lipinski definition) is 7. The third-order valence-electron chi connectivity index (χ3n) is 5.68. The lowest BCUT2D eigenvalue weighted by atomic mass is 10.1. The summed E-state index contributed by atoms with van der Waals surface area (Å²) in [7, 11) is 1.99. The summed E-state index contributed by atoms with van der Waals surface area (Å²) in [5.74, 6) is 0.649. The standard InChI is InChI=1S/C20H25N7O3/c1-13-19(30-12-23-13)20(29)22-10-15-7-6-14(26(15)2)9-18(28)21-11-17-25-24-16-5-3-4-8-27(16)17/h3-5,8,12,14-15H,6-7,9-11H2,1-2H3,(H,21,28)(H,22,29)/t14-,15+/m1/s1. The Kier molecular flexibility index (Phi) is 5.75. The molecule has 3 aromatic rings. The Morgan fingerprint density at radius 2 is 2.03 bits per heavy atom. The van der Waals surface area contributed by atoms with E-state index in [9.17, 15) is 9.59 Å². The highest BCUT2D eigenvalue weighted by molar-refractivity contribution is 5.92. The number of oxazole rings is 1. The van der Waals surface area contributed by atoms with Crippen molar-refractivity contribution in [2.75, 3.05) is 13.6 Å². The second kappa shape index (κ2) is 8.62. The highest BCUT2D eigenvalue weighted by Crippen LogP contribution is 2.24. The van der Waals surface area contributed by atoms with Gasteiger partial charge < -0.3 is 15.1 Å². The number of aromatic nitrogens is 4. The summed E-state index contributed by atoms with van der Waals surface area (Å²) in [6.45, 7) is 2.56. The number of fused-ring (bicyclic) bond motifs is 1. The van der Waals surface area contributed by atoms with Crippen molar-refractivity contribution in [1.29, 1.82) is 0 Å². The van der Waals surface area contributed by atoms with Gasteiger partial charge in [-0.1, -0.05) is 6.07 Å². The molecule has 2 amide bonds. The van der Waals surface area contributed by atoms with Gasteiger partial charge in [-0.15, -0.1) is 10.2 Å². The monoisotopic (exact) mass is 411 g/mol. The highest BCUT2D eigenvalue weighted by Gasteiger charge is 2.32. The van der Waals surface area contributed by atoms with Gasteiger partial charge in [0.25, 0.3) is 5.91 Å². The third-order valence-corrected chi connectivity index (χ3v) is 5.68. The summed E-state index contributed by atoms with van der Waals surface area (Å²) in [6, 6.07) is 5.98. The molecule has 4 heterocycles. The van der Waals surface area contributed by atoms with Crippen LogP contribution in [0.4, 0.5) is 0 Å². The number of likely N-dealkylation sites (N-methyl/N-ethyl adjacent to an activating group) is 1. The van der Waals surface area contributed by atoms with Gasteiger partial charge in [-0.05, 0) is 38.9 Å². The van der Waals surface area contributed by atoms with Crippen molar-refractivity contribution in [2.45, 2.75) is 44.8 Å². The van der Waals surface area contributed by atoms with E-state index in [0.717, 1.165) is 18.5 Å². The average molecular weight is 411 g/mol. The van der Waals surface area contributed by atoms with Gasteiger partial charge in [-0.2, -0.15) is 0 Å². The molecule has 1 aliphatic heterocycles. The second-order valence-electron chi connectivity index (χ2n) is 7.55. The molecule has 0 spiro atoms. The van der Waals surface area contributed by atoms with Gasteiger partial charge >= 0.3 is 0 Å². The molecule has 0 bridgehead atoms. The first-order valence-corrected chi connectivity index (χ1v) is 9.98. The quantitative estimate of drug-likeness (QED) is 0.594. The van der Waals surface area contributed by atoms with E-state index < -0.39 is 0 Å². The van der Waals surface area contributed by atoms with Gasteiger partial charge in [0, 0.05) is 31.2 Å². The molecule has 30 heavy (non-hydrogen) atoms. The molecule has 0 radical (unpaired) electrons. The van der Waals surface area contributed by atoms with E-state index >= 15 is 0 Å². The predicted octanol–water partition coefficient (Wildman–Crippen LogP) is 0.925. The van der Waals surface area contributed by atoms with Crippen LogP contribution in [0.2, 0.25) is 0 Å². The van der Waals surface area contributed by atoms with E-state index in [-0.39, 0.29) is 29.7 Å². The molecule has 0 aliphatic carbocycles. The Balaban J connectivity index is 1.24. The minimum atomic E-state index is -0.264. The molecule has 2 atom stereocenters. The molecular weight excluding hydrogens is 386 g/mol. The number of carbonyl (C=O) groups excluding carboxylic acids is 2. The lowest BCUT2D eigenvalue weighted by Crippen LogP contribution is -2.42. The summed E-state index contributed by atoms with van der Waals surface area (Å²) in [4.78, 5) is 30.8. The van der Waals surface area contributed by atoms with Crippen molar-refractivity contribution in [1.82, 2.24) is 35.1 Å². The zero-order valence-electron chi connectivity index (χ0n) is 17.0. The van der Waals surface area contributed by atoms with Crippen molar-refractivity contribution >= 4 is 17.5 Å². The van der Waals surface area contributed by atoms with Crippen molar-refractivity contribution in [2.24, 2.45) is 0 Å². The molecule has 1 saturated heterocycles.